The summed E-state index contributed by atoms with van der Waals surface area (Å²) < 4.78 is 5.37. The highest BCUT2D eigenvalue weighted by Gasteiger charge is 2.41. The molecule has 1 heterocycles. The first-order chi connectivity index (χ1) is 12.1. The van der Waals surface area contributed by atoms with Crippen LogP contribution >= 0.6 is 11.8 Å². The third-order valence-electron chi connectivity index (χ3n) is 4.42. The van der Waals surface area contributed by atoms with Crippen LogP contribution in [0, 0.1) is 0 Å². The van der Waals surface area contributed by atoms with Crippen LogP contribution in [0.3, 0.4) is 0 Å². The first kappa shape index (κ1) is 18.4. The normalized spacial score (nSPS) is 16.7. The number of hydrogen-bond acceptors (Lipinski definition) is 3. The minimum Gasteiger partial charge on any atom is -0.484 e. The van der Waals surface area contributed by atoms with Crippen molar-refractivity contribution in [3.05, 3.63) is 48.5 Å². The topological polar surface area (TPSA) is 21.6 Å². The molecule has 0 radical (unpaired) electrons. The van der Waals surface area contributed by atoms with E-state index in [0.717, 1.165) is 24.5 Å². The van der Waals surface area contributed by atoms with Crippen LogP contribution in [-0.4, -0.2) is 24.3 Å². The van der Waals surface area contributed by atoms with E-state index < -0.39 is 0 Å². The van der Waals surface area contributed by atoms with E-state index in [9.17, 15) is 0 Å². The molecule has 3 rings (SSSR count). The zero-order valence-electron chi connectivity index (χ0n) is 15.4. The number of rotatable bonds is 5. The molecule has 0 aromatic heterocycles. The van der Waals surface area contributed by atoms with Gasteiger partial charge >= 0.3 is 0 Å². The number of hydrogen-bond donors (Lipinski definition) is 0. The molecule has 1 aliphatic heterocycles. The Hall–Kier alpha value is -1.39. The van der Waals surface area contributed by atoms with Gasteiger partial charge in [-0.25, -0.2) is 4.99 Å². The van der Waals surface area contributed by atoms with Crippen LogP contribution in [0.2, 0.25) is 0 Å². The number of fused-ring (bicyclic) bond motifs is 2. The van der Waals surface area contributed by atoms with E-state index in [4.69, 9.17) is 9.73 Å². The maximum atomic E-state index is 5.37. The van der Waals surface area contributed by atoms with Crippen LogP contribution in [0.4, 0.5) is 0 Å². The van der Waals surface area contributed by atoms with Crippen molar-refractivity contribution in [2.24, 2.45) is 4.99 Å². The highest BCUT2D eigenvalue weighted by molar-refractivity contribution is 8.04. The van der Waals surface area contributed by atoms with Crippen molar-refractivity contribution in [1.82, 2.24) is 0 Å². The summed E-state index contributed by atoms with van der Waals surface area (Å²) in [6, 6.07) is 17.7. The Morgan fingerprint density at radius 1 is 1.08 bits per heavy atom. The third kappa shape index (κ3) is 4.06. The molecule has 2 aromatic carbocycles. The van der Waals surface area contributed by atoms with Gasteiger partial charge < -0.3 is 4.74 Å². The monoisotopic (exact) mass is 372 g/mol. The molecular weight excluding hydrogens is 346 g/mol. The quantitative estimate of drug-likeness (QED) is 0.375. The smallest absolute Gasteiger partial charge is 0.180 e. The Labute approximate surface area is 158 Å². The lowest BCUT2D eigenvalue weighted by atomic mass is 10.00. The first-order valence-corrected chi connectivity index (χ1v) is 10.9. The Balaban J connectivity index is 2.03. The maximum absolute atomic E-state index is 5.37. The van der Waals surface area contributed by atoms with Gasteiger partial charge in [-0.1, -0.05) is 49.4 Å². The minimum absolute atomic E-state index is 0.0327. The van der Waals surface area contributed by atoms with Gasteiger partial charge in [-0.15, -0.1) is 0 Å². The fraction of sp³-hybridized carbons (Fsp3) is 0.381. The average molecular weight is 373 g/mol. The number of aliphatic imine (C=N–C) groups is 1. The molecule has 0 saturated carbocycles. The molecule has 0 bridgehead atoms. The van der Waals surface area contributed by atoms with Gasteiger partial charge in [0.15, 0.2) is 15.7 Å². The van der Waals surface area contributed by atoms with E-state index in [0.29, 0.717) is 0 Å². The molecule has 0 saturated heterocycles. The molecular formula is C21H26NOS2+. The van der Waals surface area contributed by atoms with Crippen LogP contribution in [0.1, 0.15) is 33.6 Å². The summed E-state index contributed by atoms with van der Waals surface area (Å²) in [6.45, 7) is 6.46. The Morgan fingerprint density at radius 3 is 2.16 bits per heavy atom. The predicted octanol–water partition coefficient (Wildman–Crippen LogP) is 5.81. The molecule has 2 nitrogen and oxygen atoms in total. The van der Waals surface area contributed by atoms with E-state index in [-0.39, 0.29) is 16.4 Å². The van der Waals surface area contributed by atoms with E-state index in [1.165, 1.54) is 19.6 Å². The van der Waals surface area contributed by atoms with Crippen LogP contribution in [0.5, 0.6) is 0 Å². The van der Waals surface area contributed by atoms with Crippen molar-refractivity contribution in [1.29, 1.82) is 0 Å². The van der Waals surface area contributed by atoms with Crippen molar-refractivity contribution < 1.29 is 4.74 Å². The van der Waals surface area contributed by atoms with Gasteiger partial charge in [0.2, 0.25) is 0 Å². The highest BCUT2D eigenvalue weighted by Crippen LogP contribution is 2.46. The fourth-order valence-electron chi connectivity index (χ4n) is 3.30. The van der Waals surface area contributed by atoms with Gasteiger partial charge in [0.1, 0.15) is 11.3 Å². The average Bonchev–Trinajstić information content (AvgIpc) is 2.61. The molecule has 0 fully saturated rings. The Kier molecular flexibility index (Phi) is 5.80. The van der Waals surface area contributed by atoms with Crippen molar-refractivity contribution >= 4 is 28.6 Å². The summed E-state index contributed by atoms with van der Waals surface area (Å²) in [5, 5.41) is 0. The van der Waals surface area contributed by atoms with Crippen LogP contribution in [0.25, 0.3) is 0 Å². The Morgan fingerprint density at radius 2 is 1.64 bits per heavy atom. The van der Waals surface area contributed by atoms with E-state index in [1.807, 2.05) is 18.7 Å². The molecule has 4 heteroatoms. The lowest BCUT2D eigenvalue weighted by Gasteiger charge is -2.27. The second kappa shape index (κ2) is 7.88. The minimum atomic E-state index is -0.111. The number of methoxy groups -OCH3 is 1. The molecule has 0 N–H and O–H groups in total. The van der Waals surface area contributed by atoms with Crippen molar-refractivity contribution in [2.75, 3.05) is 12.9 Å². The molecule has 0 aliphatic carbocycles. The maximum Gasteiger partial charge on any atom is 0.180 e. The first-order valence-electron chi connectivity index (χ1n) is 8.73. The predicted molar refractivity (Wildman–Crippen MR) is 109 cm³/mol. The summed E-state index contributed by atoms with van der Waals surface area (Å²) in [5.74, 6) is 1.79. The SMILES string of the molecule is CCC[C@@](C)(C[S+]1c2ccccc2Sc2ccccc21)N=C(C)OC. The van der Waals surface area contributed by atoms with Crippen LogP contribution < -0.4 is 0 Å². The number of benzene rings is 2. The molecule has 0 unspecified atom stereocenters. The summed E-state index contributed by atoms with van der Waals surface area (Å²) in [5.41, 5.74) is -0.111. The second-order valence-electron chi connectivity index (χ2n) is 6.61. The Bertz CT molecular complexity index is 728. The fourth-order valence-corrected chi connectivity index (χ4v) is 7.51. The number of nitrogens with zero attached hydrogens (tertiary/aromatic N) is 1. The molecule has 2 aromatic rings. The molecule has 1 atom stereocenters. The summed E-state index contributed by atoms with van der Waals surface area (Å²) in [6.07, 6.45) is 2.18. The van der Waals surface area contributed by atoms with Crippen molar-refractivity contribution in [2.45, 2.75) is 58.7 Å². The lowest BCUT2D eigenvalue weighted by Crippen LogP contribution is -2.34. The van der Waals surface area contributed by atoms with Gasteiger partial charge in [-0.05, 0) is 37.6 Å². The van der Waals surface area contributed by atoms with Crippen LogP contribution in [0.15, 0.2) is 73.1 Å². The molecule has 25 heavy (non-hydrogen) atoms. The summed E-state index contributed by atoms with van der Waals surface area (Å²) in [7, 11) is 1.74. The van der Waals surface area contributed by atoms with Gasteiger partial charge in [-0.2, -0.15) is 0 Å². The molecule has 0 amide bonds. The van der Waals surface area contributed by atoms with E-state index in [1.54, 1.807) is 7.11 Å². The van der Waals surface area contributed by atoms with Crippen molar-refractivity contribution in [3.8, 4) is 0 Å². The standard InChI is InChI=1S/C21H26NOS2/c1-5-14-21(3,22-16(2)23-4)15-25-19-12-8-6-10-17(19)24-18-11-7-9-13-20(18)25/h6-13H,5,14-15H2,1-4H3/q+1/t21-/m0/s1. The lowest BCUT2D eigenvalue weighted by molar-refractivity contribution is 0.379. The number of ether oxygens (including phenoxy) is 1. The molecule has 0 spiro atoms. The summed E-state index contributed by atoms with van der Waals surface area (Å²) in [4.78, 5) is 10.6. The van der Waals surface area contributed by atoms with Gasteiger partial charge in [0.25, 0.3) is 0 Å². The highest BCUT2D eigenvalue weighted by atomic mass is 32.2. The van der Waals surface area contributed by atoms with E-state index in [2.05, 4.69) is 62.4 Å². The molecule has 132 valence electrons. The largest absolute Gasteiger partial charge is 0.484 e. The van der Waals surface area contributed by atoms with E-state index >= 15 is 0 Å². The zero-order chi connectivity index (χ0) is 17.9. The van der Waals surface area contributed by atoms with Gasteiger partial charge in [0.05, 0.1) is 27.8 Å². The van der Waals surface area contributed by atoms with Gasteiger partial charge in [-0.3, -0.25) is 0 Å². The third-order valence-corrected chi connectivity index (χ3v) is 8.51. The molecule has 1 aliphatic rings. The summed E-state index contributed by atoms with van der Waals surface area (Å²) >= 11 is 1.89. The zero-order valence-corrected chi connectivity index (χ0v) is 17.0. The van der Waals surface area contributed by atoms with Crippen LogP contribution in [-0.2, 0) is 15.6 Å². The van der Waals surface area contributed by atoms with Crippen molar-refractivity contribution in [3.63, 3.8) is 0 Å². The van der Waals surface area contributed by atoms with Gasteiger partial charge in [0, 0.05) is 6.92 Å². The second-order valence-corrected chi connectivity index (χ2v) is 9.65.